The summed E-state index contributed by atoms with van der Waals surface area (Å²) in [5.41, 5.74) is 1.93. The first-order valence-electron chi connectivity index (χ1n) is 7.44. The van der Waals surface area contributed by atoms with Crippen LogP contribution in [0.1, 0.15) is 13.8 Å². The van der Waals surface area contributed by atoms with Crippen molar-refractivity contribution in [3.63, 3.8) is 0 Å². The number of aromatic nitrogens is 2. The van der Waals surface area contributed by atoms with Gasteiger partial charge in [-0.15, -0.1) is 0 Å². The molecule has 0 unspecified atom stereocenters. The molecule has 4 nitrogen and oxygen atoms in total. The summed E-state index contributed by atoms with van der Waals surface area (Å²) >= 11 is 0. The zero-order chi connectivity index (χ0) is 16.4. The summed E-state index contributed by atoms with van der Waals surface area (Å²) in [6, 6.07) is 10.5. The van der Waals surface area contributed by atoms with E-state index >= 15 is 0 Å². The van der Waals surface area contributed by atoms with Gasteiger partial charge in [-0.2, -0.15) is 0 Å². The van der Waals surface area contributed by atoms with Crippen molar-refractivity contribution in [1.29, 1.82) is 0 Å². The van der Waals surface area contributed by atoms with Gasteiger partial charge in [0.05, 0.1) is 12.6 Å². The van der Waals surface area contributed by atoms with Crippen molar-refractivity contribution >= 4 is 16.9 Å². The van der Waals surface area contributed by atoms with Crippen LogP contribution < -0.4 is 10.1 Å². The second-order valence-corrected chi connectivity index (χ2v) is 5.58. The van der Waals surface area contributed by atoms with Crippen LogP contribution in [0.15, 0.2) is 42.6 Å². The van der Waals surface area contributed by atoms with E-state index in [2.05, 4.69) is 15.3 Å². The van der Waals surface area contributed by atoms with Crippen molar-refractivity contribution in [1.82, 2.24) is 9.97 Å². The number of anilines is 1. The molecule has 2 aromatic carbocycles. The summed E-state index contributed by atoms with van der Waals surface area (Å²) in [5.74, 6) is 0.856. The molecule has 0 aliphatic heterocycles. The summed E-state index contributed by atoms with van der Waals surface area (Å²) in [4.78, 5) is 8.79. The molecular weight excluding hydrogens is 293 g/mol. The molecular formula is C18H18FN3O. The number of rotatable bonds is 4. The van der Waals surface area contributed by atoms with E-state index in [0.717, 1.165) is 10.9 Å². The standard InChI is InChI=1S/C18H18FN3O/c1-11(2)21-18-20-10-12-8-14(13-6-4-5-7-15(13)19)17(23-3)9-16(12)22-18/h4-11H,1-3H3,(H,20,21,22). The lowest BCUT2D eigenvalue weighted by Gasteiger charge is -2.12. The molecule has 0 spiro atoms. The number of benzene rings is 2. The Hall–Kier alpha value is -2.69. The summed E-state index contributed by atoms with van der Waals surface area (Å²) in [6.07, 6.45) is 1.73. The number of halogens is 1. The molecule has 1 aromatic heterocycles. The summed E-state index contributed by atoms with van der Waals surface area (Å²) in [6.45, 7) is 4.05. The molecule has 3 aromatic rings. The van der Waals surface area contributed by atoms with Gasteiger partial charge in [0.2, 0.25) is 5.95 Å². The fourth-order valence-corrected chi connectivity index (χ4v) is 2.45. The maximum Gasteiger partial charge on any atom is 0.223 e. The molecule has 1 heterocycles. The summed E-state index contributed by atoms with van der Waals surface area (Å²) in [5, 5.41) is 4.00. The predicted molar refractivity (Wildman–Crippen MR) is 90.2 cm³/mol. The van der Waals surface area contributed by atoms with Gasteiger partial charge in [-0.3, -0.25) is 0 Å². The van der Waals surface area contributed by atoms with Crippen molar-refractivity contribution in [2.45, 2.75) is 19.9 Å². The molecule has 5 heteroatoms. The zero-order valence-electron chi connectivity index (χ0n) is 13.3. The lowest BCUT2D eigenvalue weighted by molar-refractivity contribution is 0.416. The number of ether oxygens (including phenoxy) is 1. The molecule has 118 valence electrons. The number of nitrogens with zero attached hydrogens (tertiary/aromatic N) is 2. The Kier molecular flexibility index (Phi) is 4.10. The Balaban J connectivity index is 2.15. The largest absolute Gasteiger partial charge is 0.496 e. The third kappa shape index (κ3) is 3.08. The van der Waals surface area contributed by atoms with E-state index < -0.39 is 0 Å². The first kappa shape index (κ1) is 15.2. The SMILES string of the molecule is COc1cc2nc(NC(C)C)ncc2cc1-c1ccccc1F. The minimum atomic E-state index is -0.288. The first-order chi connectivity index (χ1) is 11.1. The van der Waals surface area contributed by atoms with Crippen LogP contribution in [0.5, 0.6) is 5.75 Å². The average Bonchev–Trinajstić information content (AvgIpc) is 2.53. The van der Waals surface area contributed by atoms with E-state index in [0.29, 0.717) is 22.8 Å². The maximum atomic E-state index is 14.1. The van der Waals surface area contributed by atoms with E-state index in [1.807, 2.05) is 26.0 Å². The zero-order valence-corrected chi connectivity index (χ0v) is 13.3. The van der Waals surface area contributed by atoms with Crippen LogP contribution in [0, 0.1) is 5.82 Å². The Labute approximate surface area is 134 Å². The van der Waals surface area contributed by atoms with Gasteiger partial charge in [0.15, 0.2) is 0 Å². The van der Waals surface area contributed by atoms with Gasteiger partial charge in [-0.25, -0.2) is 14.4 Å². The summed E-state index contributed by atoms with van der Waals surface area (Å²) in [7, 11) is 1.57. The number of methoxy groups -OCH3 is 1. The van der Waals surface area contributed by atoms with E-state index in [1.165, 1.54) is 6.07 Å². The minimum Gasteiger partial charge on any atom is -0.496 e. The fourth-order valence-electron chi connectivity index (χ4n) is 2.45. The lowest BCUT2D eigenvalue weighted by atomic mass is 10.0. The Morgan fingerprint density at radius 2 is 1.91 bits per heavy atom. The van der Waals surface area contributed by atoms with Gasteiger partial charge in [-0.1, -0.05) is 18.2 Å². The predicted octanol–water partition coefficient (Wildman–Crippen LogP) is 4.26. The minimum absolute atomic E-state index is 0.243. The van der Waals surface area contributed by atoms with Crippen molar-refractivity contribution < 1.29 is 9.13 Å². The van der Waals surface area contributed by atoms with Crippen LogP contribution in [0.4, 0.5) is 10.3 Å². The van der Waals surface area contributed by atoms with Gasteiger partial charge >= 0.3 is 0 Å². The highest BCUT2D eigenvalue weighted by Gasteiger charge is 2.13. The first-order valence-corrected chi connectivity index (χ1v) is 7.44. The fraction of sp³-hybridized carbons (Fsp3) is 0.222. The smallest absolute Gasteiger partial charge is 0.223 e. The van der Waals surface area contributed by atoms with Crippen molar-refractivity contribution in [3.8, 4) is 16.9 Å². The van der Waals surface area contributed by atoms with Crippen LogP contribution in [0.3, 0.4) is 0 Å². The molecule has 0 aliphatic carbocycles. The van der Waals surface area contributed by atoms with Crippen LogP contribution in [0.25, 0.3) is 22.0 Å². The normalized spacial score (nSPS) is 11.0. The van der Waals surface area contributed by atoms with E-state index in [4.69, 9.17) is 4.74 Å². The van der Waals surface area contributed by atoms with E-state index in [9.17, 15) is 4.39 Å². The van der Waals surface area contributed by atoms with E-state index in [1.54, 1.807) is 31.5 Å². The molecule has 0 saturated carbocycles. The van der Waals surface area contributed by atoms with Gasteiger partial charge in [-0.05, 0) is 26.0 Å². The van der Waals surface area contributed by atoms with Crippen LogP contribution in [-0.4, -0.2) is 23.1 Å². The molecule has 3 rings (SSSR count). The molecule has 0 aliphatic rings. The number of fused-ring (bicyclic) bond motifs is 1. The number of hydrogen-bond donors (Lipinski definition) is 1. The highest BCUT2D eigenvalue weighted by atomic mass is 19.1. The highest BCUT2D eigenvalue weighted by molar-refractivity contribution is 5.88. The van der Waals surface area contributed by atoms with E-state index in [-0.39, 0.29) is 11.9 Å². The van der Waals surface area contributed by atoms with Crippen molar-refractivity contribution in [2.75, 3.05) is 12.4 Å². The van der Waals surface area contributed by atoms with Crippen molar-refractivity contribution in [2.24, 2.45) is 0 Å². The Bertz CT molecular complexity index is 849. The quantitative estimate of drug-likeness (QED) is 0.782. The molecule has 0 atom stereocenters. The molecule has 0 fully saturated rings. The molecule has 23 heavy (non-hydrogen) atoms. The molecule has 0 radical (unpaired) electrons. The van der Waals surface area contributed by atoms with Crippen LogP contribution in [0.2, 0.25) is 0 Å². The molecule has 0 saturated heterocycles. The van der Waals surface area contributed by atoms with Gasteiger partial charge < -0.3 is 10.1 Å². The monoisotopic (exact) mass is 311 g/mol. The van der Waals surface area contributed by atoms with Gasteiger partial charge in [0, 0.05) is 34.8 Å². The third-order valence-electron chi connectivity index (χ3n) is 3.48. The lowest BCUT2D eigenvalue weighted by Crippen LogP contribution is -2.12. The molecule has 0 amide bonds. The Morgan fingerprint density at radius 1 is 1.13 bits per heavy atom. The Morgan fingerprint density at radius 3 is 2.61 bits per heavy atom. The second-order valence-electron chi connectivity index (χ2n) is 5.58. The molecule has 1 N–H and O–H groups in total. The average molecular weight is 311 g/mol. The number of nitrogens with one attached hydrogen (secondary N) is 1. The second kappa shape index (κ2) is 6.20. The van der Waals surface area contributed by atoms with Crippen LogP contribution >= 0.6 is 0 Å². The third-order valence-corrected chi connectivity index (χ3v) is 3.48. The van der Waals surface area contributed by atoms with Crippen LogP contribution in [-0.2, 0) is 0 Å². The van der Waals surface area contributed by atoms with Gasteiger partial charge in [0.1, 0.15) is 11.6 Å². The molecule has 0 bridgehead atoms. The topological polar surface area (TPSA) is 47.0 Å². The van der Waals surface area contributed by atoms with Crippen molar-refractivity contribution in [3.05, 3.63) is 48.4 Å². The maximum absolute atomic E-state index is 14.1. The van der Waals surface area contributed by atoms with Gasteiger partial charge in [0.25, 0.3) is 0 Å². The number of hydrogen-bond acceptors (Lipinski definition) is 4. The highest BCUT2D eigenvalue weighted by Crippen LogP contribution is 2.35. The summed E-state index contributed by atoms with van der Waals surface area (Å²) < 4.78 is 19.5.